The highest BCUT2D eigenvalue weighted by Crippen LogP contribution is 2.42. The second-order valence-electron chi connectivity index (χ2n) is 10.5. The average molecular weight is 443 g/mol. The van der Waals surface area contributed by atoms with Gasteiger partial charge in [0.15, 0.2) is 0 Å². The number of halogens is 3. The van der Waals surface area contributed by atoms with Crippen LogP contribution in [-0.2, 0) is 6.42 Å². The molecule has 0 N–H and O–H groups in total. The molecular formula is C29H37F3. The lowest BCUT2D eigenvalue weighted by Gasteiger charge is -2.37. The van der Waals surface area contributed by atoms with E-state index in [9.17, 15) is 8.78 Å². The zero-order valence-electron chi connectivity index (χ0n) is 19.6. The molecule has 2 aliphatic rings. The molecule has 0 nitrogen and oxygen atoms in total. The van der Waals surface area contributed by atoms with Crippen LogP contribution in [0.3, 0.4) is 0 Å². The van der Waals surface area contributed by atoms with Gasteiger partial charge < -0.3 is 0 Å². The summed E-state index contributed by atoms with van der Waals surface area (Å²) in [7, 11) is 0. The topological polar surface area (TPSA) is 0 Å². The van der Waals surface area contributed by atoms with E-state index in [1.165, 1.54) is 51.4 Å². The van der Waals surface area contributed by atoms with Crippen molar-refractivity contribution >= 4 is 0 Å². The number of aryl methyl sites for hydroxylation is 2. The van der Waals surface area contributed by atoms with Gasteiger partial charge in [-0.2, -0.15) is 0 Å². The van der Waals surface area contributed by atoms with Gasteiger partial charge in [0.1, 0.15) is 5.82 Å². The standard InChI is InChI=1S/C29H37F3/c1-19-3-10-22(11-4-19)23-14-7-21(8-15-23)9-16-25-17-18-26(28(30)27(25)29(31)32)24-12-5-20(2)6-13-24/h5-6,12-13,17-19,21-23,29H,3-4,7-11,14-16H2,1-2H3. The molecule has 0 radical (unpaired) electrons. The van der Waals surface area contributed by atoms with Gasteiger partial charge in [-0.25, -0.2) is 13.2 Å². The average Bonchev–Trinajstić information content (AvgIpc) is 2.79. The lowest BCUT2D eigenvalue weighted by molar-refractivity contribution is 0.142. The Morgan fingerprint density at radius 1 is 0.812 bits per heavy atom. The van der Waals surface area contributed by atoms with Crippen LogP contribution >= 0.6 is 0 Å². The highest BCUT2D eigenvalue weighted by atomic mass is 19.3. The molecule has 0 aliphatic heterocycles. The Balaban J connectivity index is 1.38. The van der Waals surface area contributed by atoms with Crippen LogP contribution in [0.5, 0.6) is 0 Å². The lowest BCUT2D eigenvalue weighted by atomic mass is 9.69. The normalized spacial score (nSPS) is 26.4. The molecule has 2 aliphatic carbocycles. The van der Waals surface area contributed by atoms with Gasteiger partial charge >= 0.3 is 0 Å². The first-order valence-corrected chi connectivity index (χ1v) is 12.6. The van der Waals surface area contributed by atoms with Crippen molar-refractivity contribution < 1.29 is 13.2 Å². The van der Waals surface area contributed by atoms with E-state index in [0.717, 1.165) is 29.7 Å². The SMILES string of the molecule is Cc1ccc(-c2ccc(CCC3CCC(C4CCC(C)CC4)CC3)c(C(F)F)c2F)cc1. The van der Waals surface area contributed by atoms with Gasteiger partial charge in [-0.15, -0.1) is 0 Å². The van der Waals surface area contributed by atoms with E-state index in [0.29, 0.717) is 23.5 Å². The maximum absolute atomic E-state index is 15.1. The Kier molecular flexibility index (Phi) is 7.63. The molecule has 174 valence electrons. The van der Waals surface area contributed by atoms with Crippen LogP contribution in [0, 0.1) is 36.4 Å². The van der Waals surface area contributed by atoms with Crippen molar-refractivity contribution in [1.29, 1.82) is 0 Å². The Labute approximate surface area is 191 Å². The number of hydrogen-bond donors (Lipinski definition) is 0. The van der Waals surface area contributed by atoms with Crippen molar-refractivity contribution in [3.05, 3.63) is 58.9 Å². The van der Waals surface area contributed by atoms with Crippen molar-refractivity contribution in [2.45, 2.75) is 84.5 Å². The Morgan fingerprint density at radius 2 is 1.41 bits per heavy atom. The molecule has 32 heavy (non-hydrogen) atoms. The molecule has 2 saturated carbocycles. The van der Waals surface area contributed by atoms with Gasteiger partial charge in [-0.05, 0) is 80.2 Å². The summed E-state index contributed by atoms with van der Waals surface area (Å²) in [6.45, 7) is 4.33. The van der Waals surface area contributed by atoms with Crippen molar-refractivity contribution in [2.75, 3.05) is 0 Å². The molecule has 0 amide bonds. The third kappa shape index (κ3) is 5.41. The quantitative estimate of drug-likeness (QED) is 0.418. The monoisotopic (exact) mass is 442 g/mol. The first-order chi connectivity index (χ1) is 15.4. The van der Waals surface area contributed by atoms with Crippen LogP contribution in [0.15, 0.2) is 36.4 Å². The minimum Gasteiger partial charge on any atom is -0.206 e. The summed E-state index contributed by atoms with van der Waals surface area (Å²) in [6, 6.07) is 10.8. The van der Waals surface area contributed by atoms with Crippen LogP contribution in [0.4, 0.5) is 13.2 Å². The minimum absolute atomic E-state index is 0.270. The van der Waals surface area contributed by atoms with Gasteiger partial charge in [0, 0.05) is 5.56 Å². The van der Waals surface area contributed by atoms with Crippen LogP contribution in [0.2, 0.25) is 0 Å². The van der Waals surface area contributed by atoms with E-state index >= 15 is 4.39 Å². The van der Waals surface area contributed by atoms with Crippen molar-refractivity contribution in [3.8, 4) is 11.1 Å². The highest BCUT2D eigenvalue weighted by Gasteiger charge is 2.30. The second-order valence-corrected chi connectivity index (χ2v) is 10.5. The molecule has 0 aromatic heterocycles. The molecule has 2 aromatic carbocycles. The molecule has 0 saturated heterocycles. The lowest BCUT2D eigenvalue weighted by Crippen LogP contribution is -2.25. The first-order valence-electron chi connectivity index (χ1n) is 12.6. The molecule has 2 fully saturated rings. The molecule has 2 aromatic rings. The fourth-order valence-electron chi connectivity index (χ4n) is 6.11. The molecule has 0 atom stereocenters. The molecule has 3 heteroatoms. The fraction of sp³-hybridized carbons (Fsp3) is 0.586. The third-order valence-electron chi connectivity index (χ3n) is 8.29. The van der Waals surface area contributed by atoms with Crippen molar-refractivity contribution in [2.24, 2.45) is 23.7 Å². The first kappa shape index (κ1) is 23.4. The van der Waals surface area contributed by atoms with E-state index in [-0.39, 0.29) is 5.56 Å². The number of alkyl halides is 2. The second kappa shape index (κ2) is 10.4. The Morgan fingerprint density at radius 3 is 2.00 bits per heavy atom. The van der Waals surface area contributed by atoms with Crippen LogP contribution in [0.1, 0.15) is 87.8 Å². The molecule has 4 rings (SSSR count). The zero-order chi connectivity index (χ0) is 22.7. The van der Waals surface area contributed by atoms with E-state index in [2.05, 4.69) is 6.92 Å². The van der Waals surface area contributed by atoms with E-state index in [1.807, 2.05) is 19.1 Å². The molecule has 0 bridgehead atoms. The summed E-state index contributed by atoms with van der Waals surface area (Å²) in [4.78, 5) is 0. The summed E-state index contributed by atoms with van der Waals surface area (Å²) in [5.74, 6) is 2.49. The smallest absolute Gasteiger partial charge is 0.206 e. The predicted octanol–water partition coefficient (Wildman–Crippen LogP) is 9.30. The maximum atomic E-state index is 15.1. The highest BCUT2D eigenvalue weighted by molar-refractivity contribution is 5.66. The van der Waals surface area contributed by atoms with Gasteiger partial charge in [-0.1, -0.05) is 74.6 Å². The van der Waals surface area contributed by atoms with Crippen LogP contribution in [-0.4, -0.2) is 0 Å². The zero-order valence-corrected chi connectivity index (χ0v) is 19.6. The van der Waals surface area contributed by atoms with E-state index in [1.54, 1.807) is 24.3 Å². The summed E-state index contributed by atoms with van der Waals surface area (Å²) in [5.41, 5.74) is 2.07. The molecule has 0 unspecified atom stereocenters. The van der Waals surface area contributed by atoms with Crippen LogP contribution < -0.4 is 0 Å². The predicted molar refractivity (Wildman–Crippen MR) is 126 cm³/mol. The van der Waals surface area contributed by atoms with Gasteiger partial charge in [-0.3, -0.25) is 0 Å². The molecule has 0 heterocycles. The van der Waals surface area contributed by atoms with E-state index in [4.69, 9.17) is 0 Å². The molecular weight excluding hydrogens is 405 g/mol. The summed E-state index contributed by atoms with van der Waals surface area (Å²) < 4.78 is 42.9. The van der Waals surface area contributed by atoms with Crippen molar-refractivity contribution in [3.63, 3.8) is 0 Å². The van der Waals surface area contributed by atoms with Crippen molar-refractivity contribution in [1.82, 2.24) is 0 Å². The Bertz CT molecular complexity index is 870. The molecule has 0 spiro atoms. The number of hydrogen-bond acceptors (Lipinski definition) is 0. The van der Waals surface area contributed by atoms with Gasteiger partial charge in [0.05, 0.1) is 5.56 Å². The van der Waals surface area contributed by atoms with Gasteiger partial charge in [0.2, 0.25) is 0 Å². The summed E-state index contributed by atoms with van der Waals surface area (Å²) in [6.07, 6.45) is 9.14. The van der Waals surface area contributed by atoms with Crippen LogP contribution in [0.25, 0.3) is 11.1 Å². The Hall–Kier alpha value is -1.77. The summed E-state index contributed by atoms with van der Waals surface area (Å²) >= 11 is 0. The fourth-order valence-corrected chi connectivity index (χ4v) is 6.11. The maximum Gasteiger partial charge on any atom is 0.266 e. The van der Waals surface area contributed by atoms with E-state index < -0.39 is 17.8 Å². The third-order valence-corrected chi connectivity index (χ3v) is 8.29. The summed E-state index contributed by atoms with van der Waals surface area (Å²) in [5, 5.41) is 0. The largest absolute Gasteiger partial charge is 0.266 e. The number of rotatable bonds is 6. The number of benzene rings is 2. The minimum atomic E-state index is -2.79. The van der Waals surface area contributed by atoms with Gasteiger partial charge in [0.25, 0.3) is 6.43 Å².